The Bertz CT molecular complexity index is 329. The summed E-state index contributed by atoms with van der Waals surface area (Å²) in [6.07, 6.45) is 11.5. The second-order valence-corrected chi connectivity index (χ2v) is 7.41. The number of carbonyl (C=O) groups is 1. The smallest absolute Gasteiger partial charge is 0.309 e. The predicted molar refractivity (Wildman–Crippen MR) is 83.4 cm³/mol. The van der Waals surface area contributed by atoms with Crippen molar-refractivity contribution < 1.29 is 14.6 Å². The summed E-state index contributed by atoms with van der Waals surface area (Å²) in [5.74, 6) is -0.710. The lowest BCUT2D eigenvalue weighted by molar-refractivity contribution is -0.147. The molecule has 2 aliphatic rings. The zero-order valence-corrected chi connectivity index (χ0v) is 13.6. The Labute approximate surface area is 128 Å². The van der Waals surface area contributed by atoms with E-state index in [1.165, 1.54) is 25.7 Å². The minimum absolute atomic E-state index is 0.460. The fourth-order valence-electron chi connectivity index (χ4n) is 3.40. The summed E-state index contributed by atoms with van der Waals surface area (Å²) < 4.78 is 6.19. The maximum atomic E-state index is 11.1. The van der Waals surface area contributed by atoms with E-state index in [9.17, 15) is 4.79 Å². The van der Waals surface area contributed by atoms with Crippen LogP contribution in [0.1, 0.15) is 71.6 Å². The molecule has 0 aromatic rings. The molecule has 4 heteroatoms. The molecule has 2 saturated carbocycles. The summed E-state index contributed by atoms with van der Waals surface area (Å²) >= 11 is 0. The topological polar surface area (TPSA) is 58.6 Å². The summed E-state index contributed by atoms with van der Waals surface area (Å²) in [7, 11) is 0. The van der Waals surface area contributed by atoms with Crippen molar-refractivity contribution in [2.24, 2.45) is 5.41 Å². The number of carboxylic acid groups (broad SMARTS) is 1. The van der Waals surface area contributed by atoms with E-state index in [0.717, 1.165) is 32.2 Å². The predicted octanol–water partition coefficient (Wildman–Crippen LogP) is 3.35. The second kappa shape index (κ2) is 7.59. The molecule has 0 amide bonds. The molecule has 2 aliphatic carbocycles. The van der Waals surface area contributed by atoms with Crippen LogP contribution in [0.3, 0.4) is 0 Å². The Morgan fingerprint density at radius 2 is 1.67 bits per heavy atom. The molecule has 4 nitrogen and oxygen atoms in total. The van der Waals surface area contributed by atoms with Crippen LogP contribution in [-0.4, -0.2) is 35.9 Å². The van der Waals surface area contributed by atoms with Crippen LogP contribution in [0.25, 0.3) is 0 Å². The number of rotatable bonds is 7. The van der Waals surface area contributed by atoms with E-state index < -0.39 is 11.4 Å². The van der Waals surface area contributed by atoms with Gasteiger partial charge in [-0.15, -0.1) is 0 Å². The molecule has 122 valence electrons. The van der Waals surface area contributed by atoms with Crippen molar-refractivity contribution in [3.63, 3.8) is 0 Å². The zero-order chi connectivity index (χ0) is 15.3. The van der Waals surface area contributed by atoms with E-state index in [2.05, 4.69) is 5.32 Å². The SMILES string of the molecule is CC(C)(CCNC1CCC(OC2CCCC2)CC1)C(=O)O. The van der Waals surface area contributed by atoms with Gasteiger partial charge in [0.15, 0.2) is 0 Å². The van der Waals surface area contributed by atoms with E-state index in [0.29, 0.717) is 24.7 Å². The number of hydrogen-bond donors (Lipinski definition) is 2. The normalized spacial score (nSPS) is 27.9. The van der Waals surface area contributed by atoms with Gasteiger partial charge in [0.25, 0.3) is 0 Å². The molecular formula is C17H31NO3. The molecule has 0 atom stereocenters. The molecule has 0 bridgehead atoms. The third kappa shape index (κ3) is 5.26. The lowest BCUT2D eigenvalue weighted by Gasteiger charge is -2.31. The molecule has 2 fully saturated rings. The van der Waals surface area contributed by atoms with Crippen LogP contribution in [0.2, 0.25) is 0 Å². The Balaban J connectivity index is 1.59. The van der Waals surface area contributed by atoms with Gasteiger partial charge in [0, 0.05) is 6.04 Å². The first-order chi connectivity index (χ1) is 9.97. The zero-order valence-electron chi connectivity index (χ0n) is 13.6. The summed E-state index contributed by atoms with van der Waals surface area (Å²) in [6, 6.07) is 0.540. The minimum Gasteiger partial charge on any atom is -0.481 e. The Hall–Kier alpha value is -0.610. The quantitative estimate of drug-likeness (QED) is 0.756. The first kappa shape index (κ1) is 16.8. The Kier molecular flexibility index (Phi) is 6.06. The minimum atomic E-state index is -0.710. The fraction of sp³-hybridized carbons (Fsp3) is 0.941. The van der Waals surface area contributed by atoms with Gasteiger partial charge in [0.05, 0.1) is 17.6 Å². The summed E-state index contributed by atoms with van der Waals surface area (Å²) in [5, 5.41) is 12.6. The standard InChI is InChI=1S/C17H31NO3/c1-17(2,16(19)20)11-12-18-13-7-9-15(10-8-13)21-14-5-3-4-6-14/h13-15,18H,3-12H2,1-2H3,(H,19,20). The number of carboxylic acids is 1. The molecule has 0 heterocycles. The molecule has 21 heavy (non-hydrogen) atoms. The average Bonchev–Trinajstić information content (AvgIpc) is 2.93. The van der Waals surface area contributed by atoms with Gasteiger partial charge in [0.1, 0.15) is 0 Å². The molecule has 2 rings (SSSR count). The van der Waals surface area contributed by atoms with Gasteiger partial charge in [-0.2, -0.15) is 0 Å². The second-order valence-electron chi connectivity index (χ2n) is 7.41. The van der Waals surface area contributed by atoms with Gasteiger partial charge in [-0.3, -0.25) is 4.79 Å². The molecule has 0 aromatic carbocycles. The van der Waals surface area contributed by atoms with E-state index in [4.69, 9.17) is 9.84 Å². The number of ether oxygens (including phenoxy) is 1. The number of aliphatic carboxylic acids is 1. The third-order valence-electron chi connectivity index (χ3n) is 5.12. The van der Waals surface area contributed by atoms with Gasteiger partial charge in [-0.05, 0) is 65.3 Å². The highest BCUT2D eigenvalue weighted by atomic mass is 16.5. The lowest BCUT2D eigenvalue weighted by Crippen LogP contribution is -2.38. The van der Waals surface area contributed by atoms with Crippen LogP contribution < -0.4 is 5.32 Å². The van der Waals surface area contributed by atoms with Gasteiger partial charge in [-0.25, -0.2) is 0 Å². The highest BCUT2D eigenvalue weighted by molar-refractivity contribution is 5.73. The van der Waals surface area contributed by atoms with Crippen molar-refractivity contribution in [2.75, 3.05) is 6.54 Å². The molecule has 0 unspecified atom stereocenters. The van der Waals surface area contributed by atoms with E-state index in [-0.39, 0.29) is 0 Å². The summed E-state index contributed by atoms with van der Waals surface area (Å²) in [4.78, 5) is 11.1. The first-order valence-electron chi connectivity index (χ1n) is 8.59. The summed E-state index contributed by atoms with van der Waals surface area (Å²) in [5.41, 5.74) is -0.629. The monoisotopic (exact) mass is 297 g/mol. The molecule has 0 saturated heterocycles. The van der Waals surface area contributed by atoms with Crippen molar-refractivity contribution in [2.45, 2.75) is 89.9 Å². The lowest BCUT2D eigenvalue weighted by atomic mass is 9.88. The molecule has 0 radical (unpaired) electrons. The molecule has 2 N–H and O–H groups in total. The maximum Gasteiger partial charge on any atom is 0.309 e. The Morgan fingerprint density at radius 3 is 2.24 bits per heavy atom. The van der Waals surface area contributed by atoms with Gasteiger partial charge >= 0.3 is 5.97 Å². The molecule has 0 aromatic heterocycles. The van der Waals surface area contributed by atoms with Crippen LogP contribution in [0.5, 0.6) is 0 Å². The fourth-order valence-corrected chi connectivity index (χ4v) is 3.40. The largest absolute Gasteiger partial charge is 0.481 e. The van der Waals surface area contributed by atoms with E-state index in [1.807, 2.05) is 0 Å². The van der Waals surface area contributed by atoms with Crippen LogP contribution >= 0.6 is 0 Å². The Morgan fingerprint density at radius 1 is 1.10 bits per heavy atom. The highest BCUT2D eigenvalue weighted by Gasteiger charge is 2.28. The first-order valence-corrected chi connectivity index (χ1v) is 8.59. The maximum absolute atomic E-state index is 11.1. The van der Waals surface area contributed by atoms with Crippen molar-refractivity contribution in [1.82, 2.24) is 5.32 Å². The van der Waals surface area contributed by atoms with E-state index in [1.54, 1.807) is 13.8 Å². The third-order valence-corrected chi connectivity index (χ3v) is 5.12. The summed E-state index contributed by atoms with van der Waals surface area (Å²) in [6.45, 7) is 4.38. The van der Waals surface area contributed by atoms with Crippen LogP contribution in [0, 0.1) is 5.41 Å². The number of hydrogen-bond acceptors (Lipinski definition) is 3. The van der Waals surface area contributed by atoms with Crippen molar-refractivity contribution in [3.8, 4) is 0 Å². The van der Waals surface area contributed by atoms with E-state index >= 15 is 0 Å². The van der Waals surface area contributed by atoms with Gasteiger partial charge in [-0.1, -0.05) is 12.8 Å². The van der Waals surface area contributed by atoms with Crippen LogP contribution in [0.15, 0.2) is 0 Å². The van der Waals surface area contributed by atoms with Crippen molar-refractivity contribution in [3.05, 3.63) is 0 Å². The van der Waals surface area contributed by atoms with Gasteiger partial charge in [0.2, 0.25) is 0 Å². The molecule has 0 spiro atoms. The average molecular weight is 297 g/mol. The van der Waals surface area contributed by atoms with Gasteiger partial charge < -0.3 is 15.2 Å². The number of nitrogens with one attached hydrogen (secondary N) is 1. The van der Waals surface area contributed by atoms with Crippen LogP contribution in [-0.2, 0) is 9.53 Å². The highest BCUT2D eigenvalue weighted by Crippen LogP contribution is 2.28. The molecule has 0 aliphatic heterocycles. The van der Waals surface area contributed by atoms with Crippen molar-refractivity contribution in [1.29, 1.82) is 0 Å². The van der Waals surface area contributed by atoms with Crippen molar-refractivity contribution >= 4 is 5.97 Å². The van der Waals surface area contributed by atoms with Crippen LogP contribution in [0.4, 0.5) is 0 Å². The molecular weight excluding hydrogens is 266 g/mol.